The van der Waals surface area contributed by atoms with Gasteiger partial charge in [-0.15, -0.1) is 0 Å². The Hall–Kier alpha value is -2.41. The summed E-state index contributed by atoms with van der Waals surface area (Å²) >= 11 is 0. The molecule has 0 unspecified atom stereocenters. The lowest BCUT2D eigenvalue weighted by molar-refractivity contribution is -0.384. The van der Waals surface area contributed by atoms with Crippen LogP contribution in [0.3, 0.4) is 0 Å². The fourth-order valence-electron chi connectivity index (χ4n) is 1.09. The summed E-state index contributed by atoms with van der Waals surface area (Å²) < 4.78 is 0. The highest BCUT2D eigenvalue weighted by molar-refractivity contribution is 5.64. The first-order chi connectivity index (χ1) is 8.00. The molecule has 1 aromatic carbocycles. The number of nitro groups is 1. The van der Waals surface area contributed by atoms with E-state index in [4.69, 9.17) is 10.9 Å². The van der Waals surface area contributed by atoms with Crippen LogP contribution in [0.25, 0.3) is 6.08 Å². The van der Waals surface area contributed by atoms with E-state index >= 15 is 0 Å². The summed E-state index contributed by atoms with van der Waals surface area (Å²) in [6.07, 6.45) is 1.96. The minimum atomic E-state index is -1.22. The molecule has 3 N–H and O–H groups in total. The number of non-ortho nitro benzene ring substituents is 1. The minimum Gasteiger partial charge on any atom is -0.464 e. The molecule has 0 aliphatic carbocycles. The molecule has 1 aromatic rings. The van der Waals surface area contributed by atoms with Gasteiger partial charge in [0.15, 0.2) is 0 Å². The van der Waals surface area contributed by atoms with Crippen molar-refractivity contribution >= 4 is 17.9 Å². The first-order valence-electron chi connectivity index (χ1n) is 4.67. The summed E-state index contributed by atoms with van der Waals surface area (Å²) in [7, 11) is 0. The summed E-state index contributed by atoms with van der Waals surface area (Å²) in [4.78, 5) is 20.3. The van der Waals surface area contributed by atoms with Crippen LogP contribution < -0.4 is 5.84 Å². The molecule has 0 fully saturated rings. The molecule has 0 aliphatic rings. The van der Waals surface area contributed by atoms with Crippen LogP contribution in [0.5, 0.6) is 0 Å². The number of carboxylic acid groups (broad SMARTS) is 1. The van der Waals surface area contributed by atoms with Gasteiger partial charge in [0, 0.05) is 12.1 Å². The van der Waals surface area contributed by atoms with Crippen molar-refractivity contribution in [2.45, 2.75) is 0 Å². The zero-order chi connectivity index (χ0) is 12.8. The maximum Gasteiger partial charge on any atom is 0.421 e. The van der Waals surface area contributed by atoms with Gasteiger partial charge in [0.05, 0.1) is 11.5 Å². The lowest BCUT2D eigenvalue weighted by Crippen LogP contribution is -2.35. The van der Waals surface area contributed by atoms with E-state index in [1.54, 1.807) is 24.3 Å². The molecular weight excluding hydrogens is 226 g/mol. The molecule has 1 amide bonds. The van der Waals surface area contributed by atoms with Gasteiger partial charge in [0.1, 0.15) is 0 Å². The Kier molecular flexibility index (Phi) is 4.18. The molecule has 90 valence electrons. The van der Waals surface area contributed by atoms with Crippen LogP contribution in [-0.2, 0) is 0 Å². The van der Waals surface area contributed by atoms with E-state index in [1.807, 2.05) is 0 Å². The number of carbonyl (C=O) groups is 1. The topological polar surface area (TPSA) is 110 Å². The molecule has 17 heavy (non-hydrogen) atoms. The number of nitro benzene ring substituents is 1. The number of nitrogens with zero attached hydrogens (tertiary/aromatic N) is 2. The SMILES string of the molecule is NN(CC=Cc1ccc([N+](=O)[O-])cc1)C(=O)O. The van der Waals surface area contributed by atoms with Crippen LogP contribution in [0, 0.1) is 10.1 Å². The second-order valence-electron chi connectivity index (χ2n) is 3.19. The number of benzene rings is 1. The van der Waals surface area contributed by atoms with Crippen molar-refractivity contribution in [1.29, 1.82) is 0 Å². The normalized spacial score (nSPS) is 10.4. The van der Waals surface area contributed by atoms with Crippen LogP contribution in [0.1, 0.15) is 5.56 Å². The predicted octanol–water partition coefficient (Wildman–Crippen LogP) is 1.46. The molecule has 1 rings (SSSR count). The molecule has 0 aromatic heterocycles. The highest BCUT2D eigenvalue weighted by Crippen LogP contribution is 2.12. The van der Waals surface area contributed by atoms with Gasteiger partial charge in [-0.1, -0.05) is 12.2 Å². The van der Waals surface area contributed by atoms with E-state index in [1.165, 1.54) is 12.1 Å². The van der Waals surface area contributed by atoms with Gasteiger partial charge >= 0.3 is 6.09 Å². The van der Waals surface area contributed by atoms with E-state index in [9.17, 15) is 14.9 Å². The number of rotatable bonds is 4. The third-order valence-corrected chi connectivity index (χ3v) is 1.96. The van der Waals surface area contributed by atoms with Gasteiger partial charge < -0.3 is 5.11 Å². The van der Waals surface area contributed by atoms with Crippen molar-refractivity contribution in [2.75, 3.05) is 6.54 Å². The van der Waals surface area contributed by atoms with E-state index < -0.39 is 11.0 Å². The van der Waals surface area contributed by atoms with Crippen molar-refractivity contribution in [3.05, 3.63) is 46.0 Å². The fourth-order valence-corrected chi connectivity index (χ4v) is 1.09. The average Bonchev–Trinajstić information content (AvgIpc) is 2.29. The third kappa shape index (κ3) is 3.92. The van der Waals surface area contributed by atoms with Gasteiger partial charge in [-0.3, -0.25) is 10.1 Å². The smallest absolute Gasteiger partial charge is 0.421 e. The summed E-state index contributed by atoms with van der Waals surface area (Å²) in [6.45, 7) is 0.0479. The largest absolute Gasteiger partial charge is 0.464 e. The number of hydrogen-bond donors (Lipinski definition) is 2. The van der Waals surface area contributed by atoms with Crippen LogP contribution in [-0.4, -0.2) is 27.7 Å². The van der Waals surface area contributed by atoms with Crippen molar-refractivity contribution < 1.29 is 14.8 Å². The number of hydrazine groups is 1. The molecule has 0 radical (unpaired) electrons. The molecule has 0 spiro atoms. The number of amides is 1. The van der Waals surface area contributed by atoms with E-state index in [0.29, 0.717) is 5.01 Å². The standard InChI is InChI=1S/C10H11N3O4/c11-12(10(14)15)7-1-2-8-3-5-9(6-4-8)13(16)17/h1-6H,7,11H2,(H,14,15). The van der Waals surface area contributed by atoms with Crippen LogP contribution in [0.4, 0.5) is 10.5 Å². The predicted molar refractivity (Wildman–Crippen MR) is 61.0 cm³/mol. The van der Waals surface area contributed by atoms with Crippen LogP contribution in [0.2, 0.25) is 0 Å². The lowest BCUT2D eigenvalue weighted by atomic mass is 10.2. The molecule has 0 saturated heterocycles. The van der Waals surface area contributed by atoms with Crippen LogP contribution >= 0.6 is 0 Å². The molecule has 0 heterocycles. The van der Waals surface area contributed by atoms with E-state index in [0.717, 1.165) is 5.56 Å². The molecule has 0 saturated carbocycles. The molecule has 7 heteroatoms. The van der Waals surface area contributed by atoms with Gasteiger partial charge in [-0.2, -0.15) is 0 Å². The Balaban J connectivity index is 2.60. The highest BCUT2D eigenvalue weighted by atomic mass is 16.6. The Morgan fingerprint density at radius 3 is 2.53 bits per heavy atom. The van der Waals surface area contributed by atoms with Gasteiger partial charge in [0.25, 0.3) is 5.69 Å². The molecular formula is C10H11N3O4. The molecule has 0 bridgehead atoms. The van der Waals surface area contributed by atoms with E-state index in [-0.39, 0.29) is 12.2 Å². The Morgan fingerprint density at radius 2 is 2.06 bits per heavy atom. The second-order valence-corrected chi connectivity index (χ2v) is 3.19. The summed E-state index contributed by atoms with van der Waals surface area (Å²) in [5.74, 6) is 5.14. The minimum absolute atomic E-state index is 0.00753. The summed E-state index contributed by atoms with van der Waals surface area (Å²) in [5.41, 5.74) is 0.738. The van der Waals surface area contributed by atoms with Crippen molar-refractivity contribution in [2.24, 2.45) is 5.84 Å². The maximum atomic E-state index is 10.4. The van der Waals surface area contributed by atoms with Crippen molar-refractivity contribution in [3.63, 3.8) is 0 Å². The Bertz CT molecular complexity index is 441. The van der Waals surface area contributed by atoms with Gasteiger partial charge in [-0.25, -0.2) is 15.6 Å². The lowest BCUT2D eigenvalue weighted by Gasteiger charge is -2.07. The summed E-state index contributed by atoms with van der Waals surface area (Å²) in [6, 6.07) is 5.88. The molecule has 0 aliphatic heterocycles. The monoisotopic (exact) mass is 237 g/mol. The number of hydrogen-bond acceptors (Lipinski definition) is 4. The first kappa shape index (κ1) is 12.7. The quantitative estimate of drug-likeness (QED) is 0.356. The van der Waals surface area contributed by atoms with Crippen LogP contribution in [0.15, 0.2) is 30.3 Å². The van der Waals surface area contributed by atoms with Crippen molar-refractivity contribution in [1.82, 2.24) is 5.01 Å². The average molecular weight is 237 g/mol. The molecule has 0 atom stereocenters. The van der Waals surface area contributed by atoms with Gasteiger partial charge in [0.2, 0.25) is 0 Å². The second kappa shape index (κ2) is 5.61. The Labute approximate surface area is 96.9 Å². The maximum absolute atomic E-state index is 10.4. The van der Waals surface area contributed by atoms with Gasteiger partial charge in [-0.05, 0) is 17.7 Å². The Morgan fingerprint density at radius 1 is 1.47 bits per heavy atom. The zero-order valence-electron chi connectivity index (χ0n) is 8.81. The number of nitrogens with two attached hydrogens (primary N) is 1. The van der Waals surface area contributed by atoms with Crippen molar-refractivity contribution in [3.8, 4) is 0 Å². The fraction of sp³-hybridized carbons (Fsp3) is 0.100. The molecule has 7 nitrogen and oxygen atoms in total. The third-order valence-electron chi connectivity index (χ3n) is 1.96. The van der Waals surface area contributed by atoms with E-state index in [2.05, 4.69) is 0 Å². The summed E-state index contributed by atoms with van der Waals surface area (Å²) in [5, 5.41) is 19.5. The zero-order valence-corrected chi connectivity index (χ0v) is 8.81. The first-order valence-corrected chi connectivity index (χ1v) is 4.67. The highest BCUT2D eigenvalue weighted by Gasteiger charge is 2.03.